The lowest BCUT2D eigenvalue weighted by Gasteiger charge is -2.28. The summed E-state index contributed by atoms with van der Waals surface area (Å²) in [5.41, 5.74) is 0. The van der Waals surface area contributed by atoms with Crippen LogP contribution in [-0.2, 0) is 0 Å². The highest BCUT2D eigenvalue weighted by Crippen LogP contribution is 2.18. The molecule has 0 spiro atoms. The number of hydrogen-bond donors (Lipinski definition) is 1. The third kappa shape index (κ3) is 3.84. The van der Waals surface area contributed by atoms with E-state index in [1.165, 1.54) is 0 Å². The fourth-order valence-corrected chi connectivity index (χ4v) is 2.05. The maximum atomic E-state index is 5.91. The smallest absolute Gasteiger partial charge is 0.218 e. The molecule has 0 bridgehead atoms. The van der Waals surface area contributed by atoms with Gasteiger partial charge in [0.2, 0.25) is 5.88 Å². The monoisotopic (exact) mass is 250 g/mol. The highest BCUT2D eigenvalue weighted by molar-refractivity contribution is 5.37. The van der Waals surface area contributed by atoms with Gasteiger partial charge in [-0.25, -0.2) is 9.97 Å². The normalized spacial score (nSPS) is 18.0. The van der Waals surface area contributed by atoms with Gasteiger partial charge < -0.3 is 15.0 Å². The molecule has 0 amide bonds. The zero-order chi connectivity index (χ0) is 13.0. The number of anilines is 1. The van der Waals surface area contributed by atoms with Gasteiger partial charge in [0.1, 0.15) is 18.2 Å². The van der Waals surface area contributed by atoms with Crippen LogP contribution >= 0.6 is 0 Å². The predicted octanol–water partition coefficient (Wildman–Crippen LogP) is 1.77. The van der Waals surface area contributed by atoms with Crippen LogP contribution in [0.4, 0.5) is 5.82 Å². The molecule has 2 rings (SSSR count). The third-order valence-electron chi connectivity index (χ3n) is 3.03. The largest absolute Gasteiger partial charge is 0.474 e. The minimum absolute atomic E-state index is 0.281. The number of piperidine rings is 1. The zero-order valence-electron chi connectivity index (χ0n) is 11.4. The molecule has 0 unspecified atom stereocenters. The second-order valence-corrected chi connectivity index (χ2v) is 5.16. The van der Waals surface area contributed by atoms with Gasteiger partial charge in [-0.1, -0.05) is 0 Å². The van der Waals surface area contributed by atoms with Gasteiger partial charge in [0.25, 0.3) is 0 Å². The average molecular weight is 250 g/mol. The van der Waals surface area contributed by atoms with Crippen molar-refractivity contribution < 1.29 is 4.74 Å². The van der Waals surface area contributed by atoms with Crippen molar-refractivity contribution in [2.45, 2.75) is 38.8 Å². The quantitative estimate of drug-likeness (QED) is 0.882. The topological polar surface area (TPSA) is 50.3 Å². The first-order chi connectivity index (χ1) is 8.63. The first-order valence-corrected chi connectivity index (χ1v) is 6.57. The fraction of sp³-hybridized carbons (Fsp3) is 0.692. The molecule has 1 aliphatic rings. The maximum Gasteiger partial charge on any atom is 0.218 e. The summed E-state index contributed by atoms with van der Waals surface area (Å²) >= 11 is 0. The first kappa shape index (κ1) is 13.1. The summed E-state index contributed by atoms with van der Waals surface area (Å²) in [7, 11) is 2.14. The molecule has 0 atom stereocenters. The molecule has 0 radical (unpaired) electrons. The van der Waals surface area contributed by atoms with Crippen LogP contribution in [0, 0.1) is 0 Å². The second-order valence-electron chi connectivity index (χ2n) is 5.16. The Hall–Kier alpha value is -1.36. The van der Waals surface area contributed by atoms with Gasteiger partial charge in [-0.05, 0) is 33.7 Å². The Labute approximate surface area is 109 Å². The third-order valence-corrected chi connectivity index (χ3v) is 3.03. The Kier molecular flexibility index (Phi) is 4.36. The number of aromatic nitrogens is 2. The molecule has 1 N–H and O–H groups in total. The number of nitrogens with zero attached hydrogens (tertiary/aromatic N) is 3. The predicted molar refractivity (Wildman–Crippen MR) is 71.9 cm³/mol. The van der Waals surface area contributed by atoms with E-state index in [1.807, 2.05) is 6.07 Å². The molecule has 18 heavy (non-hydrogen) atoms. The standard InChI is InChI=1S/C13H22N4O/c1-10(2)16-12-8-13(15-9-14-12)18-11-4-6-17(3)7-5-11/h8-11H,4-7H2,1-3H3,(H,14,15,16). The number of hydrogen-bond acceptors (Lipinski definition) is 5. The molecule has 5 nitrogen and oxygen atoms in total. The van der Waals surface area contributed by atoms with Crippen LogP contribution in [0.1, 0.15) is 26.7 Å². The highest BCUT2D eigenvalue weighted by atomic mass is 16.5. The van der Waals surface area contributed by atoms with Crippen molar-refractivity contribution in [2.24, 2.45) is 0 Å². The van der Waals surface area contributed by atoms with E-state index in [0.29, 0.717) is 11.9 Å². The van der Waals surface area contributed by atoms with Gasteiger partial charge in [0, 0.05) is 25.2 Å². The second kappa shape index (κ2) is 6.00. The minimum atomic E-state index is 0.281. The van der Waals surface area contributed by atoms with E-state index in [-0.39, 0.29) is 6.10 Å². The molecular weight excluding hydrogens is 228 g/mol. The molecule has 5 heteroatoms. The van der Waals surface area contributed by atoms with Crippen LogP contribution < -0.4 is 10.1 Å². The molecule has 1 aliphatic heterocycles. The summed E-state index contributed by atoms with van der Waals surface area (Å²) in [5, 5.41) is 3.25. The molecule has 1 aromatic heterocycles. The van der Waals surface area contributed by atoms with E-state index in [1.54, 1.807) is 6.33 Å². The summed E-state index contributed by atoms with van der Waals surface area (Å²) in [5.74, 6) is 1.49. The van der Waals surface area contributed by atoms with Crippen molar-refractivity contribution in [3.63, 3.8) is 0 Å². The molecule has 1 fully saturated rings. The molecule has 2 heterocycles. The Morgan fingerprint density at radius 1 is 1.33 bits per heavy atom. The van der Waals surface area contributed by atoms with E-state index in [2.05, 4.69) is 41.1 Å². The SMILES string of the molecule is CC(C)Nc1cc(OC2CCN(C)CC2)ncn1. The molecule has 0 aromatic carbocycles. The van der Waals surface area contributed by atoms with Crippen LogP contribution in [0.5, 0.6) is 5.88 Å². The van der Waals surface area contributed by atoms with Gasteiger partial charge in [-0.2, -0.15) is 0 Å². The lowest BCUT2D eigenvalue weighted by Crippen LogP contribution is -2.35. The van der Waals surface area contributed by atoms with Crippen LogP contribution in [0.3, 0.4) is 0 Å². The first-order valence-electron chi connectivity index (χ1n) is 6.57. The Bertz CT molecular complexity index is 375. The lowest BCUT2D eigenvalue weighted by atomic mass is 10.1. The zero-order valence-corrected chi connectivity index (χ0v) is 11.4. The van der Waals surface area contributed by atoms with Gasteiger partial charge in [-0.3, -0.25) is 0 Å². The van der Waals surface area contributed by atoms with Crippen molar-refractivity contribution in [3.8, 4) is 5.88 Å². The molecule has 0 aliphatic carbocycles. The van der Waals surface area contributed by atoms with Crippen molar-refractivity contribution in [2.75, 3.05) is 25.5 Å². The van der Waals surface area contributed by atoms with Crippen LogP contribution in [0.2, 0.25) is 0 Å². The molecule has 100 valence electrons. The lowest BCUT2D eigenvalue weighted by molar-refractivity contribution is 0.110. The average Bonchev–Trinajstić information content (AvgIpc) is 2.32. The molecule has 1 aromatic rings. The van der Waals surface area contributed by atoms with Gasteiger partial charge in [0.05, 0.1) is 0 Å². The summed E-state index contributed by atoms with van der Waals surface area (Å²) in [6.45, 7) is 6.35. The number of likely N-dealkylation sites (tertiary alicyclic amines) is 1. The Morgan fingerprint density at radius 2 is 2.06 bits per heavy atom. The van der Waals surface area contributed by atoms with Crippen LogP contribution in [0.15, 0.2) is 12.4 Å². The van der Waals surface area contributed by atoms with E-state index < -0.39 is 0 Å². The van der Waals surface area contributed by atoms with Crippen LogP contribution in [-0.4, -0.2) is 47.2 Å². The number of ether oxygens (including phenoxy) is 1. The number of nitrogens with one attached hydrogen (secondary N) is 1. The van der Waals surface area contributed by atoms with Crippen molar-refractivity contribution in [1.29, 1.82) is 0 Å². The Balaban J connectivity index is 1.92. The van der Waals surface area contributed by atoms with Crippen molar-refractivity contribution in [1.82, 2.24) is 14.9 Å². The summed E-state index contributed by atoms with van der Waals surface area (Å²) < 4.78 is 5.91. The van der Waals surface area contributed by atoms with E-state index >= 15 is 0 Å². The maximum absolute atomic E-state index is 5.91. The van der Waals surface area contributed by atoms with Gasteiger partial charge in [-0.15, -0.1) is 0 Å². The molecular formula is C13H22N4O. The molecule has 0 saturated carbocycles. The van der Waals surface area contributed by atoms with Crippen LogP contribution in [0.25, 0.3) is 0 Å². The summed E-state index contributed by atoms with van der Waals surface area (Å²) in [6.07, 6.45) is 3.96. The minimum Gasteiger partial charge on any atom is -0.474 e. The Morgan fingerprint density at radius 3 is 2.72 bits per heavy atom. The molecule has 1 saturated heterocycles. The fourth-order valence-electron chi connectivity index (χ4n) is 2.05. The van der Waals surface area contributed by atoms with E-state index in [9.17, 15) is 0 Å². The summed E-state index contributed by atoms with van der Waals surface area (Å²) in [6, 6.07) is 2.23. The van der Waals surface area contributed by atoms with E-state index in [0.717, 1.165) is 31.7 Å². The van der Waals surface area contributed by atoms with Crippen molar-refractivity contribution in [3.05, 3.63) is 12.4 Å². The highest BCUT2D eigenvalue weighted by Gasteiger charge is 2.18. The van der Waals surface area contributed by atoms with Crippen molar-refractivity contribution >= 4 is 5.82 Å². The van der Waals surface area contributed by atoms with Gasteiger partial charge >= 0.3 is 0 Å². The summed E-state index contributed by atoms with van der Waals surface area (Å²) in [4.78, 5) is 10.7. The van der Waals surface area contributed by atoms with E-state index in [4.69, 9.17) is 4.74 Å². The van der Waals surface area contributed by atoms with Gasteiger partial charge in [0.15, 0.2) is 0 Å². The number of rotatable bonds is 4.